The second kappa shape index (κ2) is 5.21. The topological polar surface area (TPSA) is 55.1 Å². The molecule has 3 rings (SSSR count). The highest BCUT2D eigenvalue weighted by molar-refractivity contribution is 7.99. The average molecular weight is 270 g/mol. The van der Waals surface area contributed by atoms with Crippen LogP contribution in [-0.2, 0) is 0 Å². The summed E-state index contributed by atoms with van der Waals surface area (Å²) >= 11 is 1.49. The molecule has 0 atom stereocenters. The van der Waals surface area contributed by atoms with Gasteiger partial charge in [0.2, 0.25) is 0 Å². The van der Waals surface area contributed by atoms with Gasteiger partial charge in [0.05, 0.1) is 5.56 Å². The average Bonchev–Trinajstić information content (AvgIpc) is 2.48. The zero-order valence-corrected chi connectivity index (χ0v) is 10.8. The molecule has 0 bridgehead atoms. The Balaban J connectivity index is 1.89. The van der Waals surface area contributed by atoms with Crippen LogP contribution in [0.3, 0.4) is 0 Å². The van der Waals surface area contributed by atoms with Crippen LogP contribution in [0.1, 0.15) is 5.56 Å². The van der Waals surface area contributed by atoms with Crippen LogP contribution in [-0.4, -0.2) is 18.2 Å². The number of benzene rings is 1. The van der Waals surface area contributed by atoms with Crippen LogP contribution in [0, 0.1) is 11.3 Å². The first-order valence-electron chi connectivity index (χ1n) is 5.78. The van der Waals surface area contributed by atoms with Gasteiger partial charge in [-0.05, 0) is 24.3 Å². The van der Waals surface area contributed by atoms with Gasteiger partial charge in [-0.1, -0.05) is 11.8 Å². The smallest absolute Gasteiger partial charge is 0.162 e. The maximum absolute atomic E-state index is 9.05. The Hall–Kier alpha value is -2.19. The van der Waals surface area contributed by atoms with E-state index < -0.39 is 0 Å². The van der Waals surface area contributed by atoms with Crippen LogP contribution in [0.25, 0.3) is 0 Å². The van der Waals surface area contributed by atoms with Gasteiger partial charge in [-0.25, -0.2) is 0 Å². The van der Waals surface area contributed by atoms with Gasteiger partial charge >= 0.3 is 0 Å². The molecule has 4 nitrogen and oxygen atoms in total. The van der Waals surface area contributed by atoms with Crippen molar-refractivity contribution in [2.75, 3.05) is 13.2 Å². The summed E-state index contributed by atoms with van der Waals surface area (Å²) in [7, 11) is 0. The molecule has 0 unspecified atom stereocenters. The van der Waals surface area contributed by atoms with Crippen molar-refractivity contribution in [3.63, 3.8) is 0 Å². The third-order valence-electron chi connectivity index (χ3n) is 2.65. The van der Waals surface area contributed by atoms with Crippen molar-refractivity contribution in [2.24, 2.45) is 0 Å². The standard InChI is InChI=1S/C14H10N2O2S/c15-8-10-3-4-16-9-14(10)19-11-1-2-12-13(7-11)18-6-5-17-12/h1-4,7,9H,5-6H2. The first kappa shape index (κ1) is 11.9. The van der Waals surface area contributed by atoms with Gasteiger partial charge < -0.3 is 9.47 Å². The summed E-state index contributed by atoms with van der Waals surface area (Å²) < 4.78 is 11.0. The quantitative estimate of drug-likeness (QED) is 0.839. The van der Waals surface area contributed by atoms with E-state index in [1.807, 2.05) is 18.2 Å². The Kier molecular flexibility index (Phi) is 3.25. The molecule has 1 aliphatic heterocycles. The second-order valence-corrected chi connectivity index (χ2v) is 5.01. The van der Waals surface area contributed by atoms with Gasteiger partial charge in [0.15, 0.2) is 11.5 Å². The van der Waals surface area contributed by atoms with Gasteiger partial charge in [-0.3, -0.25) is 4.98 Å². The molecule has 94 valence electrons. The Morgan fingerprint density at radius 1 is 1.16 bits per heavy atom. The summed E-state index contributed by atoms with van der Waals surface area (Å²) in [5.41, 5.74) is 0.620. The molecule has 1 aromatic heterocycles. The molecule has 1 aromatic carbocycles. The molecule has 1 aliphatic rings. The summed E-state index contributed by atoms with van der Waals surface area (Å²) in [6, 6.07) is 9.63. The third-order valence-corrected chi connectivity index (χ3v) is 3.68. The molecule has 0 fully saturated rings. The maximum Gasteiger partial charge on any atom is 0.162 e. The molecule has 0 saturated carbocycles. The van der Waals surface area contributed by atoms with E-state index in [4.69, 9.17) is 14.7 Å². The van der Waals surface area contributed by atoms with Crippen molar-refractivity contribution >= 4 is 11.8 Å². The molecule has 0 N–H and O–H groups in total. The van der Waals surface area contributed by atoms with Crippen molar-refractivity contribution in [1.29, 1.82) is 5.26 Å². The summed E-state index contributed by atoms with van der Waals surface area (Å²) in [5, 5.41) is 9.05. The van der Waals surface area contributed by atoms with E-state index in [-0.39, 0.29) is 0 Å². The fourth-order valence-corrected chi connectivity index (χ4v) is 2.66. The Morgan fingerprint density at radius 2 is 2.00 bits per heavy atom. The van der Waals surface area contributed by atoms with E-state index in [1.165, 1.54) is 11.8 Å². The molecule has 0 amide bonds. The lowest BCUT2D eigenvalue weighted by Crippen LogP contribution is -2.15. The van der Waals surface area contributed by atoms with Crippen LogP contribution in [0.2, 0.25) is 0 Å². The van der Waals surface area contributed by atoms with Crippen molar-refractivity contribution in [1.82, 2.24) is 4.98 Å². The van der Waals surface area contributed by atoms with Crippen molar-refractivity contribution in [2.45, 2.75) is 9.79 Å². The van der Waals surface area contributed by atoms with Crippen molar-refractivity contribution in [3.8, 4) is 17.6 Å². The number of aromatic nitrogens is 1. The van der Waals surface area contributed by atoms with Crippen molar-refractivity contribution in [3.05, 3.63) is 42.2 Å². The summed E-state index contributed by atoms with van der Waals surface area (Å²) in [6.07, 6.45) is 3.31. The molecule has 0 radical (unpaired) electrons. The van der Waals surface area contributed by atoms with Gasteiger partial charge in [0.1, 0.15) is 19.3 Å². The monoisotopic (exact) mass is 270 g/mol. The number of hydrogen-bond acceptors (Lipinski definition) is 5. The molecule has 19 heavy (non-hydrogen) atoms. The number of fused-ring (bicyclic) bond motifs is 1. The lowest BCUT2D eigenvalue weighted by atomic mass is 10.3. The molecule has 2 heterocycles. The molecule has 2 aromatic rings. The number of rotatable bonds is 2. The summed E-state index contributed by atoms with van der Waals surface area (Å²) in [4.78, 5) is 5.88. The maximum atomic E-state index is 9.05. The molecule has 5 heteroatoms. The van der Waals surface area contributed by atoms with Gasteiger partial charge in [0.25, 0.3) is 0 Å². The van der Waals surface area contributed by atoms with Gasteiger partial charge in [-0.15, -0.1) is 0 Å². The van der Waals surface area contributed by atoms with Crippen LogP contribution < -0.4 is 9.47 Å². The number of ether oxygens (including phenoxy) is 2. The van der Waals surface area contributed by atoms with E-state index in [2.05, 4.69) is 11.1 Å². The van der Waals surface area contributed by atoms with Crippen LogP contribution in [0.4, 0.5) is 0 Å². The lowest BCUT2D eigenvalue weighted by Gasteiger charge is -2.18. The van der Waals surface area contributed by atoms with E-state index in [0.717, 1.165) is 21.3 Å². The van der Waals surface area contributed by atoms with Crippen LogP contribution in [0.5, 0.6) is 11.5 Å². The van der Waals surface area contributed by atoms with E-state index in [1.54, 1.807) is 18.5 Å². The number of nitrogens with zero attached hydrogens (tertiary/aromatic N) is 2. The number of pyridine rings is 1. The Bertz CT molecular complexity index is 652. The molecule has 0 spiro atoms. The molecule has 0 aliphatic carbocycles. The van der Waals surface area contributed by atoms with Gasteiger partial charge in [-0.2, -0.15) is 5.26 Å². The Labute approximate surface area is 115 Å². The minimum Gasteiger partial charge on any atom is -0.486 e. The Morgan fingerprint density at radius 3 is 2.84 bits per heavy atom. The fraction of sp³-hybridized carbons (Fsp3) is 0.143. The highest BCUT2D eigenvalue weighted by atomic mass is 32.2. The van der Waals surface area contributed by atoms with E-state index >= 15 is 0 Å². The second-order valence-electron chi connectivity index (χ2n) is 3.89. The largest absolute Gasteiger partial charge is 0.486 e. The first-order valence-corrected chi connectivity index (χ1v) is 6.60. The first-order chi connectivity index (χ1) is 9.36. The molecular weight excluding hydrogens is 260 g/mol. The van der Waals surface area contributed by atoms with Gasteiger partial charge in [0, 0.05) is 22.2 Å². The minimum absolute atomic E-state index is 0.567. The minimum atomic E-state index is 0.567. The summed E-state index contributed by atoms with van der Waals surface area (Å²) in [5.74, 6) is 1.51. The van der Waals surface area contributed by atoms with E-state index in [0.29, 0.717) is 18.8 Å². The van der Waals surface area contributed by atoms with Crippen molar-refractivity contribution < 1.29 is 9.47 Å². The predicted molar refractivity (Wildman–Crippen MR) is 70.5 cm³/mol. The number of hydrogen-bond donors (Lipinski definition) is 0. The highest BCUT2D eigenvalue weighted by Gasteiger charge is 2.13. The third kappa shape index (κ3) is 2.49. The molecular formula is C14H10N2O2S. The highest BCUT2D eigenvalue weighted by Crippen LogP contribution is 2.37. The molecule has 0 saturated heterocycles. The normalized spacial score (nSPS) is 12.8. The zero-order valence-electron chi connectivity index (χ0n) is 10.00. The van der Waals surface area contributed by atoms with Crippen LogP contribution in [0.15, 0.2) is 46.5 Å². The lowest BCUT2D eigenvalue weighted by molar-refractivity contribution is 0.171. The van der Waals surface area contributed by atoms with Crippen LogP contribution >= 0.6 is 11.8 Å². The fourth-order valence-electron chi connectivity index (χ4n) is 1.77. The van der Waals surface area contributed by atoms with E-state index in [9.17, 15) is 0 Å². The number of nitriles is 1. The zero-order chi connectivity index (χ0) is 13.1. The SMILES string of the molecule is N#Cc1ccncc1Sc1ccc2c(c1)OCCO2. The predicted octanol–water partition coefficient (Wildman–Crippen LogP) is 2.88. The summed E-state index contributed by atoms with van der Waals surface area (Å²) in [6.45, 7) is 1.15.